The first kappa shape index (κ1) is 16.7. The van der Waals surface area contributed by atoms with Crippen LogP contribution in [0.25, 0.3) is 6.08 Å². The molecule has 2 aromatic heterocycles. The van der Waals surface area contributed by atoms with Gasteiger partial charge >= 0.3 is 0 Å². The molecular weight excluding hydrogens is 318 g/mol. The van der Waals surface area contributed by atoms with Gasteiger partial charge in [0.15, 0.2) is 0 Å². The summed E-state index contributed by atoms with van der Waals surface area (Å²) in [4.78, 5) is 25.1. The molecular formula is C18H19N5O2. The Bertz CT molecular complexity index is 807. The number of aromatic nitrogens is 2. The maximum atomic E-state index is 12.6. The van der Waals surface area contributed by atoms with Crippen molar-refractivity contribution in [3.05, 3.63) is 47.3 Å². The Labute approximate surface area is 146 Å². The fourth-order valence-corrected chi connectivity index (χ4v) is 2.83. The molecule has 0 N–H and O–H groups in total. The number of hydrogen-bond acceptors (Lipinski definition) is 6. The first-order valence-electron chi connectivity index (χ1n) is 8.08. The van der Waals surface area contributed by atoms with Gasteiger partial charge in [-0.15, -0.1) is 0 Å². The molecule has 1 amide bonds. The molecule has 1 fully saturated rings. The summed E-state index contributed by atoms with van der Waals surface area (Å²) in [6, 6.07) is 7.35. The van der Waals surface area contributed by atoms with Crippen LogP contribution < -0.4 is 4.90 Å². The Balaban J connectivity index is 1.67. The molecule has 25 heavy (non-hydrogen) atoms. The van der Waals surface area contributed by atoms with Crippen molar-refractivity contribution in [2.45, 2.75) is 13.8 Å². The molecule has 0 unspecified atom stereocenters. The third-order valence-corrected chi connectivity index (χ3v) is 4.02. The molecule has 0 aromatic carbocycles. The topological polar surface area (TPSA) is 86.3 Å². The van der Waals surface area contributed by atoms with E-state index in [1.54, 1.807) is 17.0 Å². The number of hydrogen-bond donors (Lipinski definition) is 0. The smallest absolute Gasteiger partial charge is 0.264 e. The molecule has 3 heterocycles. The number of nitriles is 1. The maximum absolute atomic E-state index is 12.6. The number of carbonyl (C=O) groups excluding carboxylic acids is 1. The first-order valence-corrected chi connectivity index (χ1v) is 8.08. The Kier molecular flexibility index (Phi) is 4.80. The van der Waals surface area contributed by atoms with E-state index in [0.29, 0.717) is 31.9 Å². The molecule has 1 aliphatic heterocycles. The number of nitrogens with zero attached hydrogens (tertiary/aromatic N) is 5. The molecule has 2 aromatic rings. The van der Waals surface area contributed by atoms with Crippen molar-refractivity contribution < 1.29 is 9.21 Å². The lowest BCUT2D eigenvalue weighted by molar-refractivity contribution is -0.126. The van der Waals surface area contributed by atoms with E-state index in [0.717, 1.165) is 17.3 Å². The number of rotatable bonds is 3. The molecule has 1 aliphatic rings. The fraction of sp³-hybridized carbons (Fsp3) is 0.333. The van der Waals surface area contributed by atoms with Crippen molar-refractivity contribution >= 4 is 17.8 Å². The quantitative estimate of drug-likeness (QED) is 0.628. The van der Waals surface area contributed by atoms with E-state index in [4.69, 9.17) is 4.42 Å². The van der Waals surface area contributed by atoms with Crippen molar-refractivity contribution in [3.63, 3.8) is 0 Å². The van der Waals surface area contributed by atoms with E-state index in [2.05, 4.69) is 14.9 Å². The van der Waals surface area contributed by atoms with Crippen LogP contribution >= 0.6 is 0 Å². The zero-order valence-corrected chi connectivity index (χ0v) is 14.3. The second kappa shape index (κ2) is 7.18. The third kappa shape index (κ3) is 3.86. The first-order chi connectivity index (χ1) is 12.1. The zero-order chi connectivity index (χ0) is 17.8. The van der Waals surface area contributed by atoms with Crippen molar-refractivity contribution in [1.82, 2.24) is 14.9 Å². The van der Waals surface area contributed by atoms with Crippen LogP contribution in [0.3, 0.4) is 0 Å². The van der Waals surface area contributed by atoms with Crippen LogP contribution in [0.5, 0.6) is 0 Å². The summed E-state index contributed by atoms with van der Waals surface area (Å²) in [5.74, 6) is 1.84. The van der Waals surface area contributed by atoms with Crippen LogP contribution in [0.15, 0.2) is 34.5 Å². The lowest BCUT2D eigenvalue weighted by Crippen LogP contribution is -2.49. The van der Waals surface area contributed by atoms with E-state index >= 15 is 0 Å². The van der Waals surface area contributed by atoms with Crippen molar-refractivity contribution in [2.24, 2.45) is 0 Å². The molecule has 128 valence electrons. The summed E-state index contributed by atoms with van der Waals surface area (Å²) in [6.45, 7) is 6.23. The largest absolute Gasteiger partial charge is 0.465 e. The summed E-state index contributed by atoms with van der Waals surface area (Å²) in [5, 5.41) is 9.28. The molecule has 0 radical (unpaired) electrons. The number of amides is 1. The summed E-state index contributed by atoms with van der Waals surface area (Å²) in [7, 11) is 0. The van der Waals surface area contributed by atoms with Crippen LogP contribution in [0.2, 0.25) is 0 Å². The van der Waals surface area contributed by atoms with Gasteiger partial charge in [-0.2, -0.15) is 5.26 Å². The van der Waals surface area contributed by atoms with Crippen molar-refractivity contribution in [3.8, 4) is 6.07 Å². The number of furan rings is 1. The van der Waals surface area contributed by atoms with E-state index < -0.39 is 0 Å². The van der Waals surface area contributed by atoms with E-state index in [9.17, 15) is 10.1 Å². The van der Waals surface area contributed by atoms with Crippen LogP contribution in [-0.4, -0.2) is 47.0 Å². The highest BCUT2D eigenvalue weighted by Crippen LogP contribution is 2.17. The van der Waals surface area contributed by atoms with Gasteiger partial charge in [0.2, 0.25) is 0 Å². The molecule has 3 rings (SSSR count). The Morgan fingerprint density at radius 1 is 1.28 bits per heavy atom. The molecule has 0 atom stereocenters. The summed E-state index contributed by atoms with van der Waals surface area (Å²) in [5.41, 5.74) is 1.01. The van der Waals surface area contributed by atoms with Crippen LogP contribution in [0.1, 0.15) is 17.3 Å². The van der Waals surface area contributed by atoms with Gasteiger partial charge in [0.25, 0.3) is 5.91 Å². The number of piperazine rings is 1. The summed E-state index contributed by atoms with van der Waals surface area (Å²) >= 11 is 0. The second-order valence-electron chi connectivity index (χ2n) is 5.88. The molecule has 1 saturated heterocycles. The molecule has 0 spiro atoms. The van der Waals surface area contributed by atoms with Crippen LogP contribution in [0, 0.1) is 25.2 Å². The normalized spacial score (nSPS) is 15.2. The Morgan fingerprint density at radius 3 is 2.64 bits per heavy atom. The number of carbonyl (C=O) groups is 1. The van der Waals surface area contributed by atoms with Gasteiger partial charge in [-0.25, -0.2) is 9.97 Å². The molecule has 7 heteroatoms. The van der Waals surface area contributed by atoms with Crippen molar-refractivity contribution in [2.75, 3.05) is 31.1 Å². The van der Waals surface area contributed by atoms with Gasteiger partial charge in [0.05, 0.1) is 6.26 Å². The minimum absolute atomic E-state index is 0.0807. The predicted octanol–water partition coefficient (Wildman–Crippen LogP) is 1.94. The van der Waals surface area contributed by atoms with E-state index in [1.165, 1.54) is 12.3 Å². The lowest BCUT2D eigenvalue weighted by atomic mass is 10.2. The van der Waals surface area contributed by atoms with Gasteiger partial charge in [-0.1, -0.05) is 0 Å². The van der Waals surface area contributed by atoms with Gasteiger partial charge in [-0.3, -0.25) is 4.79 Å². The SMILES string of the molecule is Cc1cc(N2CCN(C(=O)C(C#N)=Cc3ccco3)CC2)nc(C)n1. The maximum Gasteiger partial charge on any atom is 0.264 e. The minimum atomic E-state index is -0.270. The van der Waals surface area contributed by atoms with E-state index in [1.807, 2.05) is 26.0 Å². The monoisotopic (exact) mass is 337 g/mol. The average molecular weight is 337 g/mol. The van der Waals surface area contributed by atoms with Gasteiger partial charge < -0.3 is 14.2 Å². The minimum Gasteiger partial charge on any atom is -0.465 e. The van der Waals surface area contributed by atoms with Gasteiger partial charge in [-0.05, 0) is 26.0 Å². The number of aryl methyl sites for hydroxylation is 2. The third-order valence-electron chi connectivity index (χ3n) is 4.02. The zero-order valence-electron chi connectivity index (χ0n) is 14.3. The average Bonchev–Trinajstić information content (AvgIpc) is 3.11. The number of anilines is 1. The highest BCUT2D eigenvalue weighted by atomic mass is 16.3. The molecule has 0 bridgehead atoms. The van der Waals surface area contributed by atoms with Gasteiger partial charge in [0.1, 0.15) is 29.0 Å². The Morgan fingerprint density at radius 2 is 2.04 bits per heavy atom. The standard InChI is InChI=1S/C18H19N5O2/c1-13-10-17(21-14(2)20-13)22-5-7-23(8-6-22)18(24)15(12-19)11-16-4-3-9-25-16/h3-4,9-11H,5-8H2,1-2H3. The predicted molar refractivity (Wildman–Crippen MR) is 92.6 cm³/mol. The van der Waals surface area contributed by atoms with Crippen LogP contribution in [0.4, 0.5) is 5.82 Å². The van der Waals surface area contributed by atoms with E-state index in [-0.39, 0.29) is 11.5 Å². The fourth-order valence-electron chi connectivity index (χ4n) is 2.83. The van der Waals surface area contributed by atoms with Crippen molar-refractivity contribution in [1.29, 1.82) is 5.26 Å². The van der Waals surface area contributed by atoms with Gasteiger partial charge in [0, 0.05) is 44.0 Å². The van der Waals surface area contributed by atoms with Crippen LogP contribution in [-0.2, 0) is 4.79 Å². The summed E-state index contributed by atoms with van der Waals surface area (Å²) in [6.07, 6.45) is 2.99. The highest BCUT2D eigenvalue weighted by molar-refractivity contribution is 6.01. The highest BCUT2D eigenvalue weighted by Gasteiger charge is 2.24. The molecule has 0 aliphatic carbocycles. The lowest BCUT2D eigenvalue weighted by Gasteiger charge is -2.35. The Hall–Kier alpha value is -3.14. The molecule has 7 nitrogen and oxygen atoms in total. The second-order valence-corrected chi connectivity index (χ2v) is 5.88. The molecule has 0 saturated carbocycles. The summed E-state index contributed by atoms with van der Waals surface area (Å²) < 4.78 is 5.18.